The second-order valence-electron chi connectivity index (χ2n) is 6.21. The van der Waals surface area contributed by atoms with Crippen molar-refractivity contribution in [3.63, 3.8) is 0 Å². The largest absolute Gasteiger partial charge is 0.364 e. The molecule has 0 unspecified atom stereocenters. The average Bonchev–Trinajstić information content (AvgIpc) is 2.96. The Labute approximate surface area is 140 Å². The first kappa shape index (κ1) is 16.1. The van der Waals surface area contributed by atoms with Crippen molar-refractivity contribution in [3.8, 4) is 0 Å². The van der Waals surface area contributed by atoms with Crippen molar-refractivity contribution in [1.29, 1.82) is 0 Å². The Balaban J connectivity index is 1.87. The van der Waals surface area contributed by atoms with Gasteiger partial charge in [-0.25, -0.2) is 9.97 Å². The molecule has 3 rings (SSSR count). The number of hydrogen-bond acceptors (Lipinski definition) is 4. The quantitative estimate of drug-likeness (QED) is 0.934. The molecule has 6 heteroatoms. The molecule has 24 heavy (non-hydrogen) atoms. The number of nitrogens with two attached hydrogens (primary N) is 1. The lowest BCUT2D eigenvalue weighted by Gasteiger charge is -2.21. The highest BCUT2D eigenvalue weighted by atomic mass is 16.2. The highest BCUT2D eigenvalue weighted by Crippen LogP contribution is 2.34. The Kier molecular flexibility index (Phi) is 4.29. The molecule has 124 valence electrons. The third-order valence-electron chi connectivity index (χ3n) is 4.60. The molecule has 1 aliphatic heterocycles. The van der Waals surface area contributed by atoms with Crippen LogP contribution in [0.4, 0.5) is 0 Å². The van der Waals surface area contributed by atoms with E-state index in [1.807, 2.05) is 19.1 Å². The number of amides is 2. The van der Waals surface area contributed by atoms with Crippen LogP contribution in [0, 0.1) is 6.92 Å². The predicted octanol–water partition coefficient (Wildman–Crippen LogP) is 1.90. The molecule has 2 N–H and O–H groups in total. The summed E-state index contributed by atoms with van der Waals surface area (Å²) in [6.07, 6.45) is 3.64. The topological polar surface area (TPSA) is 89.2 Å². The molecule has 0 saturated carbocycles. The Bertz CT molecular complexity index is 790. The summed E-state index contributed by atoms with van der Waals surface area (Å²) in [4.78, 5) is 34.1. The maximum Gasteiger partial charge on any atom is 0.275 e. The Morgan fingerprint density at radius 1 is 1.17 bits per heavy atom. The van der Waals surface area contributed by atoms with E-state index < -0.39 is 5.91 Å². The molecule has 1 saturated heterocycles. The SMILES string of the molecule is Cc1ccccc1[C@@H]1C[C@H](C)N(C(=O)c2nccnc2C(N)=O)C1. The lowest BCUT2D eigenvalue weighted by atomic mass is 9.93. The van der Waals surface area contributed by atoms with Crippen molar-refractivity contribution < 1.29 is 9.59 Å². The van der Waals surface area contributed by atoms with Crippen molar-refractivity contribution in [1.82, 2.24) is 14.9 Å². The maximum absolute atomic E-state index is 12.9. The summed E-state index contributed by atoms with van der Waals surface area (Å²) in [6.45, 7) is 4.69. The van der Waals surface area contributed by atoms with E-state index in [1.165, 1.54) is 23.5 Å². The monoisotopic (exact) mass is 324 g/mol. The van der Waals surface area contributed by atoms with Gasteiger partial charge in [0, 0.05) is 30.9 Å². The van der Waals surface area contributed by atoms with Crippen LogP contribution in [-0.2, 0) is 0 Å². The molecule has 1 aliphatic rings. The number of benzene rings is 1. The van der Waals surface area contributed by atoms with E-state index in [1.54, 1.807) is 4.90 Å². The van der Waals surface area contributed by atoms with Gasteiger partial charge in [-0.3, -0.25) is 9.59 Å². The third-order valence-corrected chi connectivity index (χ3v) is 4.60. The van der Waals surface area contributed by atoms with Crippen molar-refractivity contribution in [2.75, 3.05) is 6.54 Å². The number of hydrogen-bond donors (Lipinski definition) is 1. The molecule has 0 spiro atoms. The van der Waals surface area contributed by atoms with E-state index in [-0.39, 0.29) is 29.3 Å². The van der Waals surface area contributed by atoms with Crippen molar-refractivity contribution in [2.45, 2.75) is 32.2 Å². The molecule has 2 amide bonds. The second-order valence-corrected chi connectivity index (χ2v) is 6.21. The highest BCUT2D eigenvalue weighted by Gasteiger charge is 2.36. The smallest absolute Gasteiger partial charge is 0.275 e. The van der Waals surface area contributed by atoms with Crippen molar-refractivity contribution in [3.05, 3.63) is 59.2 Å². The zero-order valence-electron chi connectivity index (χ0n) is 13.8. The van der Waals surface area contributed by atoms with Gasteiger partial charge >= 0.3 is 0 Å². The Morgan fingerprint density at radius 2 is 1.83 bits per heavy atom. The number of carbonyl (C=O) groups excluding carboxylic acids is 2. The summed E-state index contributed by atoms with van der Waals surface area (Å²) in [5.74, 6) is -0.756. The van der Waals surface area contributed by atoms with E-state index in [0.29, 0.717) is 6.54 Å². The first-order chi connectivity index (χ1) is 11.5. The van der Waals surface area contributed by atoms with Gasteiger partial charge in [0.05, 0.1) is 0 Å². The van der Waals surface area contributed by atoms with E-state index in [4.69, 9.17) is 5.73 Å². The lowest BCUT2D eigenvalue weighted by Crippen LogP contribution is -2.36. The molecule has 1 fully saturated rings. The number of nitrogens with zero attached hydrogens (tertiary/aromatic N) is 3. The van der Waals surface area contributed by atoms with Crippen LogP contribution < -0.4 is 5.73 Å². The number of likely N-dealkylation sites (tertiary alicyclic amines) is 1. The van der Waals surface area contributed by atoms with E-state index in [2.05, 4.69) is 29.0 Å². The fourth-order valence-corrected chi connectivity index (χ4v) is 3.40. The molecule has 2 atom stereocenters. The molecule has 0 aliphatic carbocycles. The molecule has 2 heterocycles. The molecule has 1 aromatic carbocycles. The number of rotatable bonds is 3. The standard InChI is InChI=1S/C18H20N4O2/c1-11-5-3-4-6-14(11)13-9-12(2)22(10-13)18(24)16-15(17(19)23)20-7-8-21-16/h3-8,12-13H,9-10H2,1-2H3,(H2,19,23)/t12-,13+/m0/s1. The van der Waals surface area contributed by atoms with Crippen LogP contribution in [-0.4, -0.2) is 39.3 Å². The fourth-order valence-electron chi connectivity index (χ4n) is 3.40. The third kappa shape index (κ3) is 2.87. The summed E-state index contributed by atoms with van der Waals surface area (Å²) in [5, 5.41) is 0. The summed E-state index contributed by atoms with van der Waals surface area (Å²) in [5.41, 5.74) is 7.75. The summed E-state index contributed by atoms with van der Waals surface area (Å²) >= 11 is 0. The normalized spacial score (nSPS) is 20.2. The van der Waals surface area contributed by atoms with Crippen molar-refractivity contribution >= 4 is 11.8 Å². The lowest BCUT2D eigenvalue weighted by molar-refractivity contribution is 0.0733. The van der Waals surface area contributed by atoms with Crippen molar-refractivity contribution in [2.24, 2.45) is 5.73 Å². The van der Waals surface area contributed by atoms with Crippen LogP contribution in [0.15, 0.2) is 36.7 Å². The maximum atomic E-state index is 12.9. The minimum Gasteiger partial charge on any atom is -0.364 e. The summed E-state index contributed by atoms with van der Waals surface area (Å²) < 4.78 is 0. The molecular weight excluding hydrogens is 304 g/mol. The number of carbonyl (C=O) groups is 2. The first-order valence-electron chi connectivity index (χ1n) is 7.96. The van der Waals surface area contributed by atoms with Gasteiger partial charge in [-0.15, -0.1) is 0 Å². The van der Waals surface area contributed by atoms with Gasteiger partial charge in [-0.1, -0.05) is 24.3 Å². The van der Waals surface area contributed by atoms with Gasteiger partial charge in [0.1, 0.15) is 0 Å². The minimum atomic E-state index is -0.742. The summed E-state index contributed by atoms with van der Waals surface area (Å²) in [7, 11) is 0. The van der Waals surface area contributed by atoms with Gasteiger partial charge in [-0.05, 0) is 31.4 Å². The Morgan fingerprint density at radius 3 is 2.50 bits per heavy atom. The van der Waals surface area contributed by atoms with Crippen LogP contribution in [0.5, 0.6) is 0 Å². The van der Waals surface area contributed by atoms with Gasteiger partial charge < -0.3 is 10.6 Å². The number of primary amides is 1. The fraction of sp³-hybridized carbons (Fsp3) is 0.333. The predicted molar refractivity (Wildman–Crippen MR) is 89.6 cm³/mol. The molecule has 2 aromatic rings. The van der Waals surface area contributed by atoms with Crippen LogP contribution in [0.3, 0.4) is 0 Å². The van der Waals surface area contributed by atoms with E-state index in [9.17, 15) is 9.59 Å². The molecule has 1 aromatic heterocycles. The summed E-state index contributed by atoms with van der Waals surface area (Å²) in [6, 6.07) is 8.28. The second kappa shape index (κ2) is 6.39. The average molecular weight is 324 g/mol. The minimum absolute atomic E-state index is 0.0299. The van der Waals surface area contributed by atoms with Crippen LogP contribution >= 0.6 is 0 Å². The Hall–Kier alpha value is -2.76. The van der Waals surface area contributed by atoms with E-state index >= 15 is 0 Å². The zero-order valence-corrected chi connectivity index (χ0v) is 13.8. The zero-order chi connectivity index (χ0) is 17.3. The van der Waals surface area contributed by atoms with Gasteiger partial charge in [0.2, 0.25) is 0 Å². The van der Waals surface area contributed by atoms with Gasteiger partial charge in [-0.2, -0.15) is 0 Å². The van der Waals surface area contributed by atoms with Gasteiger partial charge in [0.15, 0.2) is 11.4 Å². The van der Waals surface area contributed by atoms with Crippen LogP contribution in [0.1, 0.15) is 51.4 Å². The molecule has 6 nitrogen and oxygen atoms in total. The number of aromatic nitrogens is 2. The first-order valence-corrected chi connectivity index (χ1v) is 7.96. The molecule has 0 radical (unpaired) electrons. The molecular formula is C18H20N4O2. The number of aryl methyl sites for hydroxylation is 1. The van der Waals surface area contributed by atoms with E-state index in [0.717, 1.165) is 6.42 Å². The van der Waals surface area contributed by atoms with Gasteiger partial charge in [0.25, 0.3) is 11.8 Å². The molecule has 0 bridgehead atoms. The van der Waals surface area contributed by atoms with Crippen LogP contribution in [0.2, 0.25) is 0 Å². The van der Waals surface area contributed by atoms with Crippen LogP contribution in [0.25, 0.3) is 0 Å². The highest BCUT2D eigenvalue weighted by molar-refractivity contribution is 6.04.